The topological polar surface area (TPSA) is 151 Å². The minimum absolute atomic E-state index is 0.0312. The third-order valence-corrected chi connectivity index (χ3v) is 6.66. The van der Waals surface area contributed by atoms with E-state index in [1.165, 1.54) is 0 Å². The zero-order chi connectivity index (χ0) is 33.1. The van der Waals surface area contributed by atoms with Crippen LogP contribution in [0.15, 0.2) is 60.7 Å². The summed E-state index contributed by atoms with van der Waals surface area (Å²) in [6.07, 6.45) is -0.0149. The summed E-state index contributed by atoms with van der Waals surface area (Å²) in [4.78, 5) is 60.6. The molecule has 0 aromatic heterocycles. The van der Waals surface area contributed by atoms with Crippen LogP contribution in [-0.4, -0.2) is 64.7 Å². The molecule has 0 bridgehead atoms. The van der Waals surface area contributed by atoms with Gasteiger partial charge in [0.1, 0.15) is 24.7 Å². The number of carbonyl (C=O) groups excluding carboxylic acids is 4. The van der Waals surface area contributed by atoms with Crippen LogP contribution in [0.5, 0.6) is 0 Å². The van der Waals surface area contributed by atoms with Crippen LogP contribution in [0.4, 0.5) is 4.79 Å². The Hall–Kier alpha value is -3.63. The molecule has 10 nitrogen and oxygen atoms in total. The number of alkyl halides is 2. The molecule has 0 aliphatic heterocycles. The SMILES string of the molecule is CC(C)C[C@H](NC(=O)OCc1ccccc1)C(=O)N[C@@H](CC(C)C)C(=O)N[C@@H](Cc1ccccc1)C(=O)O.O=C(CCl)CCl. The quantitative estimate of drug-likeness (QED) is 0.192. The van der Waals surface area contributed by atoms with E-state index in [-0.39, 0.29) is 42.4 Å². The van der Waals surface area contributed by atoms with Crippen molar-refractivity contribution in [2.24, 2.45) is 11.8 Å². The second-order valence-electron chi connectivity index (χ2n) is 11.0. The van der Waals surface area contributed by atoms with Crippen molar-refractivity contribution in [2.45, 2.75) is 71.7 Å². The summed E-state index contributed by atoms with van der Waals surface area (Å²) in [7, 11) is 0. The van der Waals surface area contributed by atoms with E-state index >= 15 is 0 Å². The van der Waals surface area contributed by atoms with E-state index in [9.17, 15) is 29.1 Å². The van der Waals surface area contributed by atoms with Crippen LogP contribution < -0.4 is 16.0 Å². The van der Waals surface area contributed by atoms with E-state index in [0.29, 0.717) is 12.8 Å². The van der Waals surface area contributed by atoms with Crippen LogP contribution in [0.3, 0.4) is 0 Å². The standard InChI is InChI=1S/C29H39N3O6.C3H4Cl2O/c1-19(2)15-23(26(33)31-25(28(35)36)17-21-11-7-5-8-12-21)30-27(34)24(16-20(3)4)32-29(37)38-18-22-13-9-6-10-14-22;4-1-3(6)2-5/h5-14,19-20,23-25H,15-18H2,1-4H3,(H,30,34)(H,31,33)(H,32,37)(H,35,36);1-2H2/t23-,24-,25-;/m0./s1. The van der Waals surface area contributed by atoms with Crippen LogP contribution in [0.2, 0.25) is 0 Å². The summed E-state index contributed by atoms with van der Waals surface area (Å²) >= 11 is 10.0. The highest BCUT2D eigenvalue weighted by molar-refractivity contribution is 6.35. The molecule has 44 heavy (non-hydrogen) atoms. The molecule has 2 aromatic carbocycles. The molecule has 3 atom stereocenters. The lowest BCUT2D eigenvalue weighted by Gasteiger charge is -2.26. The predicted octanol–water partition coefficient (Wildman–Crippen LogP) is 4.70. The zero-order valence-electron chi connectivity index (χ0n) is 25.6. The largest absolute Gasteiger partial charge is 0.480 e. The summed E-state index contributed by atoms with van der Waals surface area (Å²) in [5.41, 5.74) is 1.57. The molecule has 0 heterocycles. The average Bonchev–Trinajstić information content (AvgIpc) is 2.99. The first-order valence-corrected chi connectivity index (χ1v) is 15.4. The Morgan fingerprint density at radius 2 is 1.11 bits per heavy atom. The summed E-state index contributed by atoms with van der Waals surface area (Å²) in [6.45, 7) is 7.68. The number of carbonyl (C=O) groups is 5. The molecular formula is C32H43Cl2N3O7. The van der Waals surface area contributed by atoms with E-state index in [0.717, 1.165) is 11.1 Å². The number of Topliss-reactive ketones (excluding diaryl/α,β-unsaturated/α-hetero) is 1. The van der Waals surface area contributed by atoms with Gasteiger partial charge in [-0.1, -0.05) is 88.4 Å². The fourth-order valence-electron chi connectivity index (χ4n) is 3.94. The lowest BCUT2D eigenvalue weighted by Crippen LogP contribution is -2.56. The molecular weight excluding hydrogens is 609 g/mol. The average molecular weight is 653 g/mol. The fraction of sp³-hybridized carbons (Fsp3) is 0.469. The Kier molecular flexibility index (Phi) is 18.4. The Balaban J connectivity index is 0.00000146. The number of amides is 3. The maximum atomic E-state index is 13.2. The minimum atomic E-state index is -1.17. The van der Waals surface area contributed by atoms with Crippen molar-refractivity contribution in [3.05, 3.63) is 71.8 Å². The van der Waals surface area contributed by atoms with Gasteiger partial charge in [0.25, 0.3) is 0 Å². The number of ether oxygens (including phenoxy) is 1. The van der Waals surface area contributed by atoms with E-state index in [2.05, 4.69) is 16.0 Å². The third-order valence-electron chi connectivity index (χ3n) is 6.06. The van der Waals surface area contributed by atoms with Crippen molar-refractivity contribution in [2.75, 3.05) is 11.8 Å². The van der Waals surface area contributed by atoms with Gasteiger partial charge in [0, 0.05) is 6.42 Å². The molecule has 12 heteroatoms. The molecule has 0 spiro atoms. The van der Waals surface area contributed by atoms with Gasteiger partial charge in [-0.15, -0.1) is 23.2 Å². The van der Waals surface area contributed by atoms with Crippen molar-refractivity contribution in [3.63, 3.8) is 0 Å². The van der Waals surface area contributed by atoms with Crippen LogP contribution in [0.25, 0.3) is 0 Å². The summed E-state index contributed by atoms with van der Waals surface area (Å²) < 4.78 is 5.27. The number of carboxylic acid groups (broad SMARTS) is 1. The Labute approximate surface area is 269 Å². The molecule has 0 saturated heterocycles. The van der Waals surface area contributed by atoms with Crippen molar-refractivity contribution >= 4 is 52.9 Å². The van der Waals surface area contributed by atoms with E-state index < -0.39 is 42.0 Å². The van der Waals surface area contributed by atoms with Gasteiger partial charge in [0.2, 0.25) is 11.8 Å². The molecule has 0 saturated carbocycles. The van der Waals surface area contributed by atoms with Crippen molar-refractivity contribution in [1.29, 1.82) is 0 Å². The number of ketones is 1. The smallest absolute Gasteiger partial charge is 0.408 e. The van der Waals surface area contributed by atoms with E-state index in [4.69, 9.17) is 27.9 Å². The van der Waals surface area contributed by atoms with Gasteiger partial charge in [-0.3, -0.25) is 14.4 Å². The first-order valence-electron chi connectivity index (χ1n) is 14.3. The predicted molar refractivity (Wildman–Crippen MR) is 171 cm³/mol. The molecule has 2 aromatic rings. The highest BCUT2D eigenvalue weighted by Crippen LogP contribution is 2.11. The van der Waals surface area contributed by atoms with Gasteiger partial charge in [0.05, 0.1) is 11.8 Å². The number of benzene rings is 2. The zero-order valence-corrected chi connectivity index (χ0v) is 27.1. The van der Waals surface area contributed by atoms with Crippen molar-refractivity contribution in [3.8, 4) is 0 Å². The second kappa shape index (κ2) is 21.1. The second-order valence-corrected chi connectivity index (χ2v) is 11.5. The van der Waals surface area contributed by atoms with Gasteiger partial charge in [0.15, 0.2) is 5.78 Å². The van der Waals surface area contributed by atoms with Gasteiger partial charge < -0.3 is 25.8 Å². The monoisotopic (exact) mass is 651 g/mol. The van der Waals surface area contributed by atoms with Crippen molar-refractivity contribution in [1.82, 2.24) is 16.0 Å². The molecule has 3 amide bonds. The number of carboxylic acids is 1. The Morgan fingerprint density at radius 1 is 0.682 bits per heavy atom. The molecule has 0 radical (unpaired) electrons. The molecule has 2 rings (SSSR count). The lowest BCUT2D eigenvalue weighted by molar-refractivity contribution is -0.142. The maximum Gasteiger partial charge on any atom is 0.408 e. The molecule has 0 aliphatic rings. The molecule has 242 valence electrons. The van der Waals surface area contributed by atoms with Gasteiger partial charge in [-0.2, -0.15) is 0 Å². The number of alkyl carbamates (subject to hydrolysis) is 1. The fourth-order valence-corrected chi connectivity index (χ4v) is 4.23. The highest BCUT2D eigenvalue weighted by Gasteiger charge is 2.30. The van der Waals surface area contributed by atoms with Crippen LogP contribution >= 0.6 is 23.2 Å². The molecule has 0 fully saturated rings. The van der Waals surface area contributed by atoms with Gasteiger partial charge >= 0.3 is 12.1 Å². The number of hydrogen-bond donors (Lipinski definition) is 4. The number of halogens is 2. The molecule has 0 aliphatic carbocycles. The van der Waals surface area contributed by atoms with Crippen LogP contribution in [-0.2, 0) is 36.9 Å². The Bertz CT molecular complexity index is 1170. The minimum Gasteiger partial charge on any atom is -0.480 e. The van der Waals surface area contributed by atoms with Crippen LogP contribution in [0, 0.1) is 11.8 Å². The van der Waals surface area contributed by atoms with Crippen LogP contribution in [0.1, 0.15) is 51.7 Å². The summed E-state index contributed by atoms with van der Waals surface area (Å²) in [5.74, 6) is -2.25. The summed E-state index contributed by atoms with van der Waals surface area (Å²) in [5, 5.41) is 17.6. The normalized spacial score (nSPS) is 12.6. The third kappa shape index (κ3) is 16.3. The maximum absolute atomic E-state index is 13.2. The number of aliphatic carboxylic acids is 1. The first-order chi connectivity index (χ1) is 20.9. The van der Waals surface area contributed by atoms with Gasteiger partial charge in [-0.25, -0.2) is 9.59 Å². The number of rotatable bonds is 16. The lowest BCUT2D eigenvalue weighted by atomic mass is 9.99. The number of nitrogens with one attached hydrogen (secondary N) is 3. The number of hydrogen-bond acceptors (Lipinski definition) is 6. The van der Waals surface area contributed by atoms with E-state index in [1.807, 2.05) is 64.1 Å². The Morgan fingerprint density at radius 3 is 1.52 bits per heavy atom. The first kappa shape index (κ1) is 38.4. The van der Waals surface area contributed by atoms with Crippen molar-refractivity contribution < 1.29 is 33.8 Å². The molecule has 0 unspecified atom stereocenters. The summed E-state index contributed by atoms with van der Waals surface area (Å²) in [6, 6.07) is 15.1. The van der Waals surface area contributed by atoms with Gasteiger partial charge in [-0.05, 0) is 35.8 Å². The molecule has 4 N–H and O–H groups in total. The highest BCUT2D eigenvalue weighted by atomic mass is 35.5. The van der Waals surface area contributed by atoms with E-state index in [1.54, 1.807) is 24.3 Å².